The van der Waals surface area contributed by atoms with E-state index < -0.39 is 47.6 Å². The molecule has 3 amide bonds. The zero-order valence-corrected chi connectivity index (χ0v) is 28.4. The van der Waals surface area contributed by atoms with Crippen molar-refractivity contribution in [2.45, 2.75) is 61.8 Å². The second-order valence-corrected chi connectivity index (χ2v) is 13.6. The maximum absolute atomic E-state index is 14.7. The van der Waals surface area contributed by atoms with Gasteiger partial charge in [-0.3, -0.25) is 19.2 Å². The molecule has 3 aliphatic rings. The Hall–Kier alpha value is -3.80. The van der Waals surface area contributed by atoms with Crippen molar-refractivity contribution in [1.82, 2.24) is 10.2 Å². The first-order valence-corrected chi connectivity index (χ1v) is 16.8. The van der Waals surface area contributed by atoms with Crippen molar-refractivity contribution in [2.75, 3.05) is 31.1 Å². The Balaban J connectivity index is 1.48. The van der Waals surface area contributed by atoms with E-state index in [2.05, 4.69) is 34.4 Å². The number of halogens is 1. The van der Waals surface area contributed by atoms with Gasteiger partial charge in [-0.15, -0.1) is 13.2 Å². The van der Waals surface area contributed by atoms with Crippen LogP contribution in [-0.4, -0.2) is 82.5 Å². The van der Waals surface area contributed by atoms with E-state index in [0.29, 0.717) is 24.1 Å². The molecule has 2 N–H and O–H groups in total. The van der Waals surface area contributed by atoms with Gasteiger partial charge in [0.1, 0.15) is 17.7 Å². The van der Waals surface area contributed by atoms with E-state index >= 15 is 0 Å². The number of carbonyl (C=O) groups is 4. The molecule has 0 radical (unpaired) electrons. The molecule has 3 saturated heterocycles. The summed E-state index contributed by atoms with van der Waals surface area (Å²) in [7, 11) is 0. The number of aryl methyl sites for hydroxylation is 2. The molecule has 250 valence electrons. The van der Waals surface area contributed by atoms with Gasteiger partial charge in [-0.25, -0.2) is 0 Å². The van der Waals surface area contributed by atoms with Gasteiger partial charge in [-0.2, -0.15) is 0 Å². The number of nitrogens with one attached hydrogen (secondary N) is 1. The average molecular weight is 709 g/mol. The summed E-state index contributed by atoms with van der Waals surface area (Å²) in [6.45, 7) is 11.1. The molecule has 1 spiro atoms. The third kappa shape index (κ3) is 6.53. The lowest BCUT2D eigenvalue weighted by Gasteiger charge is -2.37. The Morgan fingerprint density at radius 1 is 1.19 bits per heavy atom. The molecule has 5 rings (SSSR count). The quantitative estimate of drug-likeness (QED) is 0.173. The standard InChI is InChI=1S/C36H42BrN3O7/c1-5-7-13-28(42)38-21-27(24-11-9-8-10-12-24)46-35(45)29-30-33(43)40(17-18-41)32(36(30)20-25(37)31(29)47-36)34(44)39(16-6-2)26-19-22(3)14-15-23(26)4/h5-6,8-12,14-15,19,25,27,29-32,41H,1-2,7,13,16-18,20-21H2,3-4H3,(H,38,42)/t25?,27-,29-,30+,31-,32-,36+/m0/s1. The van der Waals surface area contributed by atoms with Gasteiger partial charge in [0, 0.05) is 30.0 Å². The van der Waals surface area contributed by atoms with Crippen LogP contribution in [0.5, 0.6) is 0 Å². The number of aliphatic hydroxyl groups is 1. The summed E-state index contributed by atoms with van der Waals surface area (Å²) in [5, 5.41) is 12.9. The Morgan fingerprint density at radius 2 is 1.94 bits per heavy atom. The number of amides is 3. The number of alkyl halides is 1. The molecule has 2 aromatic rings. The van der Waals surface area contributed by atoms with E-state index in [-0.39, 0.29) is 49.3 Å². The molecule has 3 heterocycles. The van der Waals surface area contributed by atoms with Crippen LogP contribution in [0.4, 0.5) is 5.69 Å². The lowest BCUT2D eigenvalue weighted by molar-refractivity contribution is -0.160. The van der Waals surface area contributed by atoms with Crippen LogP contribution in [0.1, 0.15) is 42.1 Å². The van der Waals surface area contributed by atoms with Gasteiger partial charge in [0.05, 0.1) is 31.1 Å². The van der Waals surface area contributed by atoms with E-state index in [1.165, 1.54) is 4.90 Å². The van der Waals surface area contributed by atoms with Crippen molar-refractivity contribution in [1.29, 1.82) is 0 Å². The van der Waals surface area contributed by atoms with Crippen molar-refractivity contribution in [3.05, 3.63) is 90.5 Å². The zero-order valence-electron chi connectivity index (χ0n) is 26.8. The highest BCUT2D eigenvalue weighted by Crippen LogP contribution is 2.60. The molecule has 47 heavy (non-hydrogen) atoms. The number of nitrogens with zero attached hydrogens (tertiary/aromatic N) is 2. The van der Waals surface area contributed by atoms with Crippen molar-refractivity contribution in [3.63, 3.8) is 0 Å². The average Bonchev–Trinajstić information content (AvgIpc) is 3.65. The molecule has 0 aliphatic carbocycles. The van der Waals surface area contributed by atoms with Crippen LogP contribution >= 0.6 is 15.9 Å². The molecule has 0 aromatic heterocycles. The third-order valence-electron chi connectivity index (χ3n) is 9.36. The third-order valence-corrected chi connectivity index (χ3v) is 10.2. The van der Waals surface area contributed by atoms with Gasteiger partial charge in [-0.1, -0.05) is 70.5 Å². The van der Waals surface area contributed by atoms with Crippen molar-refractivity contribution >= 4 is 45.3 Å². The fourth-order valence-electron chi connectivity index (χ4n) is 7.26. The minimum absolute atomic E-state index is 0.0373. The van der Waals surface area contributed by atoms with E-state index in [9.17, 15) is 24.3 Å². The lowest BCUT2D eigenvalue weighted by Crippen LogP contribution is -2.57. The first-order valence-electron chi connectivity index (χ1n) is 15.9. The largest absolute Gasteiger partial charge is 0.455 e. The SMILES string of the molecule is C=CCCC(=O)NC[C@H](OC(=O)[C@@H]1[C@H]2O[C@@]3(CC2Br)[C@H](C(=O)N(CC=C)c2cc(C)ccc2C)N(CCO)C(=O)[C@@H]13)c1ccccc1. The van der Waals surface area contributed by atoms with Gasteiger partial charge in [0.15, 0.2) is 0 Å². The highest BCUT2D eigenvalue weighted by atomic mass is 79.9. The van der Waals surface area contributed by atoms with Crippen molar-refractivity contribution < 1.29 is 33.8 Å². The summed E-state index contributed by atoms with van der Waals surface area (Å²) in [6.07, 6.45) is 2.81. The predicted octanol–water partition coefficient (Wildman–Crippen LogP) is 3.93. The summed E-state index contributed by atoms with van der Waals surface area (Å²) in [4.78, 5) is 58.2. The fraction of sp³-hybridized carbons (Fsp3) is 0.444. The van der Waals surface area contributed by atoms with Crippen LogP contribution in [0, 0.1) is 25.7 Å². The summed E-state index contributed by atoms with van der Waals surface area (Å²) in [5.41, 5.74) is 1.87. The van der Waals surface area contributed by atoms with Gasteiger partial charge in [0.25, 0.3) is 5.91 Å². The number of allylic oxidation sites excluding steroid dienone is 1. The number of rotatable bonds is 14. The normalized spacial score (nSPS) is 26.4. The number of aliphatic hydroxyl groups excluding tert-OH is 1. The maximum atomic E-state index is 14.7. The molecule has 0 saturated carbocycles. The second-order valence-electron chi connectivity index (χ2n) is 12.4. The molecule has 3 aliphatic heterocycles. The molecule has 11 heteroatoms. The van der Waals surface area contributed by atoms with Crippen LogP contribution < -0.4 is 10.2 Å². The second kappa shape index (κ2) is 14.5. The first-order chi connectivity index (χ1) is 22.6. The number of β-amino-alcohol motifs (C(OH)–C–C–N with tert-alkyl or cyclic N) is 1. The molecule has 1 unspecified atom stereocenters. The molecule has 10 nitrogen and oxygen atoms in total. The number of fused-ring (bicyclic) bond motifs is 1. The molecular formula is C36H42BrN3O7. The minimum Gasteiger partial charge on any atom is -0.455 e. The number of carbonyl (C=O) groups excluding carboxylic acids is 4. The topological polar surface area (TPSA) is 125 Å². The predicted molar refractivity (Wildman–Crippen MR) is 181 cm³/mol. The van der Waals surface area contributed by atoms with Gasteiger partial charge >= 0.3 is 5.97 Å². The fourth-order valence-corrected chi connectivity index (χ4v) is 8.21. The van der Waals surface area contributed by atoms with E-state index in [1.54, 1.807) is 29.2 Å². The van der Waals surface area contributed by atoms with Gasteiger partial charge in [-0.05, 0) is 49.4 Å². The summed E-state index contributed by atoms with van der Waals surface area (Å²) < 4.78 is 12.7. The monoisotopic (exact) mass is 707 g/mol. The number of hydrogen-bond acceptors (Lipinski definition) is 7. The molecule has 2 aromatic carbocycles. The van der Waals surface area contributed by atoms with Gasteiger partial charge in [0.2, 0.25) is 11.8 Å². The first kappa shape index (κ1) is 34.5. The smallest absolute Gasteiger partial charge is 0.313 e. The van der Waals surface area contributed by atoms with Crippen LogP contribution in [0.15, 0.2) is 73.8 Å². The maximum Gasteiger partial charge on any atom is 0.313 e. The Kier molecular flexibility index (Phi) is 10.7. The molecule has 2 bridgehead atoms. The summed E-state index contributed by atoms with van der Waals surface area (Å²) in [6, 6.07) is 13.8. The molecular weight excluding hydrogens is 666 g/mol. The van der Waals surface area contributed by atoms with Crippen LogP contribution in [0.2, 0.25) is 0 Å². The number of hydrogen-bond donors (Lipinski definition) is 2. The minimum atomic E-state index is -1.33. The van der Waals surface area contributed by atoms with Crippen LogP contribution in [0.25, 0.3) is 0 Å². The number of esters is 1. The van der Waals surface area contributed by atoms with Gasteiger partial charge < -0.3 is 29.7 Å². The Labute approximate surface area is 283 Å². The summed E-state index contributed by atoms with van der Waals surface area (Å²) >= 11 is 3.69. The lowest BCUT2D eigenvalue weighted by atomic mass is 9.70. The number of ether oxygens (including phenoxy) is 2. The Bertz CT molecular complexity index is 1530. The molecule has 7 atom stereocenters. The van der Waals surface area contributed by atoms with E-state index in [0.717, 1.165) is 11.1 Å². The zero-order chi connectivity index (χ0) is 33.9. The highest BCUT2D eigenvalue weighted by molar-refractivity contribution is 9.09. The summed E-state index contributed by atoms with van der Waals surface area (Å²) in [5.74, 6) is -3.68. The number of anilines is 1. The Morgan fingerprint density at radius 3 is 2.62 bits per heavy atom. The van der Waals surface area contributed by atoms with Crippen LogP contribution in [-0.2, 0) is 28.7 Å². The van der Waals surface area contributed by atoms with Crippen LogP contribution in [0.3, 0.4) is 0 Å². The molecule has 3 fully saturated rings. The van der Waals surface area contributed by atoms with Crippen molar-refractivity contribution in [3.8, 4) is 0 Å². The highest BCUT2D eigenvalue weighted by Gasteiger charge is 2.77. The number of benzene rings is 2. The van der Waals surface area contributed by atoms with Crippen molar-refractivity contribution in [2.24, 2.45) is 11.8 Å². The van der Waals surface area contributed by atoms with E-state index in [4.69, 9.17) is 9.47 Å². The number of likely N-dealkylation sites (tertiary alicyclic amines) is 1. The van der Waals surface area contributed by atoms with E-state index in [1.807, 2.05) is 50.2 Å².